The maximum Gasteiger partial charge on any atom is 0.191 e. The van der Waals surface area contributed by atoms with Crippen LogP contribution in [-0.2, 0) is 9.84 Å². The van der Waals surface area contributed by atoms with Crippen molar-refractivity contribution in [3.63, 3.8) is 0 Å². The maximum atomic E-state index is 11.2. The van der Waals surface area contributed by atoms with Crippen molar-refractivity contribution < 1.29 is 8.42 Å². The third-order valence-electron chi connectivity index (χ3n) is 4.67. The highest BCUT2D eigenvalue weighted by Crippen LogP contribution is 2.20. The second-order valence-corrected chi connectivity index (χ2v) is 10.1. The lowest BCUT2D eigenvalue weighted by molar-refractivity contribution is 0.139. The summed E-state index contributed by atoms with van der Waals surface area (Å²) in [5.41, 5.74) is 0. The van der Waals surface area contributed by atoms with Crippen molar-refractivity contribution in [1.29, 1.82) is 0 Å². The maximum absolute atomic E-state index is 11.2. The van der Waals surface area contributed by atoms with Crippen LogP contribution in [0.4, 0.5) is 0 Å². The number of piperidine rings is 1. The fourth-order valence-corrected chi connectivity index (χ4v) is 4.31. The van der Waals surface area contributed by atoms with Gasteiger partial charge >= 0.3 is 0 Å². The molecule has 6 nitrogen and oxygen atoms in total. The number of nitrogens with one attached hydrogen (secondary N) is 2. The average molecular weight is 375 g/mol. The summed E-state index contributed by atoms with van der Waals surface area (Å²) >= 11 is 0. The van der Waals surface area contributed by atoms with Crippen LogP contribution in [0.25, 0.3) is 0 Å². The van der Waals surface area contributed by atoms with E-state index in [9.17, 15) is 8.42 Å². The number of hydrogen-bond donors (Lipinski definition) is 2. The van der Waals surface area contributed by atoms with Crippen molar-refractivity contribution in [2.45, 2.75) is 52.5 Å². The molecular formula is C18H38N4O2S. The van der Waals surface area contributed by atoms with Gasteiger partial charge in [0, 0.05) is 39.0 Å². The van der Waals surface area contributed by atoms with Crippen molar-refractivity contribution in [3.8, 4) is 0 Å². The van der Waals surface area contributed by atoms with Gasteiger partial charge in [0.25, 0.3) is 0 Å². The van der Waals surface area contributed by atoms with Gasteiger partial charge in [-0.15, -0.1) is 0 Å². The van der Waals surface area contributed by atoms with E-state index in [2.05, 4.69) is 34.4 Å². The van der Waals surface area contributed by atoms with E-state index in [0.717, 1.165) is 30.8 Å². The molecule has 0 radical (unpaired) electrons. The number of unbranched alkanes of at least 4 members (excludes halogenated alkanes) is 1. The Morgan fingerprint density at radius 3 is 2.44 bits per heavy atom. The first-order valence-corrected chi connectivity index (χ1v) is 11.6. The van der Waals surface area contributed by atoms with E-state index in [-0.39, 0.29) is 11.8 Å². The Hall–Kier alpha value is -0.820. The lowest BCUT2D eigenvalue weighted by atomic mass is 9.92. The molecule has 2 N–H and O–H groups in total. The van der Waals surface area contributed by atoms with E-state index in [1.54, 1.807) is 7.05 Å². The summed E-state index contributed by atoms with van der Waals surface area (Å²) in [7, 11) is -1.16. The normalized spacial score (nSPS) is 24.1. The highest BCUT2D eigenvalue weighted by Gasteiger charge is 2.20. The predicted octanol–water partition coefficient (Wildman–Crippen LogP) is 1.73. The van der Waals surface area contributed by atoms with E-state index in [1.165, 1.54) is 38.7 Å². The van der Waals surface area contributed by atoms with Gasteiger partial charge in [0.1, 0.15) is 9.84 Å². The largest absolute Gasteiger partial charge is 0.356 e. The standard InChI is InChI=1S/C18H38N4O2S/c1-15-12-16(2)14-22(13-15)10-7-6-9-20-18(19-4)21-17(3)8-11-25(5,23)24/h15-17H,6-14H2,1-5H3,(H2,19,20,21). The van der Waals surface area contributed by atoms with Crippen LogP contribution in [-0.4, -0.2) is 70.6 Å². The molecule has 25 heavy (non-hydrogen) atoms. The minimum Gasteiger partial charge on any atom is -0.356 e. The van der Waals surface area contributed by atoms with Crippen molar-refractivity contribution in [3.05, 3.63) is 0 Å². The molecule has 0 aromatic carbocycles. The summed E-state index contributed by atoms with van der Waals surface area (Å²) < 4.78 is 22.5. The molecule has 0 saturated carbocycles. The second kappa shape index (κ2) is 11.0. The molecule has 7 heteroatoms. The fourth-order valence-electron chi connectivity index (χ4n) is 3.53. The topological polar surface area (TPSA) is 73.8 Å². The molecular weight excluding hydrogens is 336 g/mol. The van der Waals surface area contributed by atoms with Crippen LogP contribution in [0.2, 0.25) is 0 Å². The van der Waals surface area contributed by atoms with Gasteiger partial charge in [-0.2, -0.15) is 0 Å². The van der Waals surface area contributed by atoms with E-state index in [1.807, 2.05) is 6.92 Å². The van der Waals surface area contributed by atoms with Gasteiger partial charge < -0.3 is 15.5 Å². The van der Waals surface area contributed by atoms with Gasteiger partial charge in [-0.3, -0.25) is 4.99 Å². The minimum atomic E-state index is -2.91. The number of likely N-dealkylation sites (tertiary alicyclic amines) is 1. The SMILES string of the molecule is CN=C(NCCCCN1CC(C)CC(C)C1)NC(C)CCS(C)(=O)=O. The molecule has 1 saturated heterocycles. The first kappa shape index (κ1) is 22.2. The highest BCUT2D eigenvalue weighted by atomic mass is 32.2. The molecule has 0 aliphatic carbocycles. The smallest absolute Gasteiger partial charge is 0.191 e. The quantitative estimate of drug-likeness (QED) is 0.365. The molecule has 1 rings (SSSR count). The van der Waals surface area contributed by atoms with Crippen molar-refractivity contribution in [2.75, 3.05) is 45.2 Å². The number of hydrogen-bond acceptors (Lipinski definition) is 4. The number of rotatable bonds is 9. The Morgan fingerprint density at radius 1 is 1.24 bits per heavy atom. The van der Waals surface area contributed by atoms with Crippen molar-refractivity contribution in [2.24, 2.45) is 16.8 Å². The zero-order valence-electron chi connectivity index (χ0n) is 16.7. The first-order chi connectivity index (χ1) is 11.7. The molecule has 3 unspecified atom stereocenters. The molecule has 0 aromatic rings. The van der Waals surface area contributed by atoms with Crippen LogP contribution in [0.3, 0.4) is 0 Å². The number of sulfone groups is 1. The molecule has 1 aliphatic rings. The van der Waals surface area contributed by atoms with Gasteiger partial charge in [-0.25, -0.2) is 8.42 Å². The van der Waals surface area contributed by atoms with Gasteiger partial charge in [0.15, 0.2) is 5.96 Å². The highest BCUT2D eigenvalue weighted by molar-refractivity contribution is 7.90. The van der Waals surface area contributed by atoms with Crippen LogP contribution in [0.5, 0.6) is 0 Å². The molecule has 0 amide bonds. The van der Waals surface area contributed by atoms with Crippen LogP contribution in [0.15, 0.2) is 4.99 Å². The predicted molar refractivity (Wildman–Crippen MR) is 107 cm³/mol. The van der Waals surface area contributed by atoms with Crippen molar-refractivity contribution >= 4 is 15.8 Å². The summed E-state index contributed by atoms with van der Waals surface area (Å²) in [6.45, 7) is 11.2. The zero-order chi connectivity index (χ0) is 18.9. The lowest BCUT2D eigenvalue weighted by Gasteiger charge is -2.34. The third kappa shape index (κ3) is 10.7. The Kier molecular flexibility index (Phi) is 9.79. The first-order valence-electron chi connectivity index (χ1n) is 9.57. The van der Waals surface area contributed by atoms with Crippen LogP contribution in [0.1, 0.15) is 46.5 Å². The van der Waals surface area contributed by atoms with E-state index in [0.29, 0.717) is 6.42 Å². The summed E-state index contributed by atoms with van der Waals surface area (Å²) in [4.78, 5) is 6.81. The zero-order valence-corrected chi connectivity index (χ0v) is 17.5. The van der Waals surface area contributed by atoms with Gasteiger partial charge in [-0.05, 0) is 51.0 Å². The summed E-state index contributed by atoms with van der Waals surface area (Å²) in [5.74, 6) is 2.59. The van der Waals surface area contributed by atoms with Gasteiger partial charge in [-0.1, -0.05) is 13.8 Å². The summed E-state index contributed by atoms with van der Waals surface area (Å²) in [6.07, 6.45) is 5.52. The monoisotopic (exact) mass is 374 g/mol. The molecule has 0 spiro atoms. The van der Waals surface area contributed by atoms with Crippen molar-refractivity contribution in [1.82, 2.24) is 15.5 Å². The Balaban J connectivity index is 2.16. The molecule has 3 atom stereocenters. The fraction of sp³-hybridized carbons (Fsp3) is 0.944. The summed E-state index contributed by atoms with van der Waals surface area (Å²) in [5, 5.41) is 6.58. The van der Waals surface area contributed by atoms with E-state index < -0.39 is 9.84 Å². The second-order valence-electron chi connectivity index (χ2n) is 7.88. The van der Waals surface area contributed by atoms with E-state index >= 15 is 0 Å². The molecule has 148 valence electrons. The van der Waals surface area contributed by atoms with E-state index in [4.69, 9.17) is 0 Å². The lowest BCUT2D eigenvalue weighted by Crippen LogP contribution is -2.43. The molecule has 1 aliphatic heterocycles. The molecule has 1 fully saturated rings. The number of guanidine groups is 1. The molecule has 1 heterocycles. The number of nitrogens with zero attached hydrogens (tertiary/aromatic N) is 2. The minimum absolute atomic E-state index is 0.0808. The number of aliphatic imine (C=N–C) groups is 1. The van der Waals surface area contributed by atoms with Gasteiger partial charge in [0.2, 0.25) is 0 Å². The Bertz CT molecular complexity index is 497. The Morgan fingerprint density at radius 2 is 1.88 bits per heavy atom. The molecule has 0 bridgehead atoms. The van der Waals surface area contributed by atoms with Crippen LogP contribution >= 0.6 is 0 Å². The molecule has 0 aromatic heterocycles. The van der Waals surface area contributed by atoms with Crippen LogP contribution < -0.4 is 10.6 Å². The van der Waals surface area contributed by atoms with Gasteiger partial charge in [0.05, 0.1) is 5.75 Å². The van der Waals surface area contributed by atoms with Crippen LogP contribution in [0, 0.1) is 11.8 Å². The third-order valence-corrected chi connectivity index (χ3v) is 5.64. The Labute approximate surface area is 154 Å². The summed E-state index contributed by atoms with van der Waals surface area (Å²) in [6, 6.07) is 0.0808. The average Bonchev–Trinajstić information content (AvgIpc) is 2.50.